The zero-order valence-corrected chi connectivity index (χ0v) is 13.0. The van der Waals surface area contributed by atoms with Crippen molar-refractivity contribution in [3.63, 3.8) is 0 Å². The van der Waals surface area contributed by atoms with Gasteiger partial charge < -0.3 is 9.72 Å². The van der Waals surface area contributed by atoms with E-state index in [0.29, 0.717) is 22.9 Å². The SMILES string of the molecule is COc1ccccc1-c1nc2scc(C(C)C)c2c(=O)[nH]1. The van der Waals surface area contributed by atoms with Crippen LogP contribution in [0, 0.1) is 0 Å². The van der Waals surface area contributed by atoms with Gasteiger partial charge in [0.1, 0.15) is 16.4 Å². The van der Waals surface area contributed by atoms with Crippen LogP contribution in [-0.4, -0.2) is 17.1 Å². The van der Waals surface area contributed by atoms with Gasteiger partial charge in [-0.3, -0.25) is 4.79 Å². The second-order valence-electron chi connectivity index (χ2n) is 5.14. The highest BCUT2D eigenvalue weighted by Crippen LogP contribution is 2.31. The van der Waals surface area contributed by atoms with E-state index in [1.807, 2.05) is 29.6 Å². The third-order valence-electron chi connectivity index (χ3n) is 3.46. The van der Waals surface area contributed by atoms with E-state index in [1.54, 1.807) is 7.11 Å². The van der Waals surface area contributed by atoms with Gasteiger partial charge in [-0.15, -0.1) is 11.3 Å². The number of ether oxygens (including phenoxy) is 1. The van der Waals surface area contributed by atoms with Crippen LogP contribution in [0.25, 0.3) is 21.6 Å². The van der Waals surface area contributed by atoms with Crippen molar-refractivity contribution in [2.45, 2.75) is 19.8 Å². The summed E-state index contributed by atoms with van der Waals surface area (Å²) in [7, 11) is 1.61. The van der Waals surface area contributed by atoms with Crippen molar-refractivity contribution in [3.05, 3.63) is 45.6 Å². The fourth-order valence-corrected chi connectivity index (χ4v) is 3.46. The molecule has 0 fully saturated rings. The molecule has 0 saturated heterocycles. The molecule has 108 valence electrons. The Morgan fingerprint density at radius 2 is 2.05 bits per heavy atom. The van der Waals surface area contributed by atoms with E-state index in [9.17, 15) is 4.79 Å². The number of hydrogen-bond donors (Lipinski definition) is 1. The Balaban J connectivity index is 2.25. The van der Waals surface area contributed by atoms with Gasteiger partial charge in [0.25, 0.3) is 5.56 Å². The quantitative estimate of drug-likeness (QED) is 0.800. The molecule has 0 atom stereocenters. The van der Waals surface area contributed by atoms with Crippen LogP contribution in [0.15, 0.2) is 34.4 Å². The number of benzene rings is 1. The summed E-state index contributed by atoms with van der Waals surface area (Å²) in [5.74, 6) is 1.54. The molecule has 0 aliphatic carbocycles. The van der Waals surface area contributed by atoms with E-state index in [4.69, 9.17) is 4.74 Å². The average Bonchev–Trinajstić information content (AvgIpc) is 2.92. The normalized spacial score (nSPS) is 11.2. The van der Waals surface area contributed by atoms with Gasteiger partial charge in [-0.05, 0) is 29.0 Å². The molecule has 21 heavy (non-hydrogen) atoms. The van der Waals surface area contributed by atoms with Crippen molar-refractivity contribution in [3.8, 4) is 17.1 Å². The largest absolute Gasteiger partial charge is 0.496 e. The standard InChI is InChI=1S/C16H16N2O2S/c1-9(2)11-8-21-16-13(11)15(19)17-14(18-16)10-6-4-5-7-12(10)20-3/h4-9H,1-3H3,(H,17,18,19). The van der Waals surface area contributed by atoms with Crippen LogP contribution in [-0.2, 0) is 0 Å². The Morgan fingerprint density at radius 1 is 1.29 bits per heavy atom. The van der Waals surface area contributed by atoms with E-state index in [-0.39, 0.29) is 5.56 Å². The fraction of sp³-hybridized carbons (Fsp3) is 0.250. The lowest BCUT2D eigenvalue weighted by Gasteiger charge is -2.07. The molecule has 0 radical (unpaired) electrons. The van der Waals surface area contributed by atoms with Crippen molar-refractivity contribution < 1.29 is 4.74 Å². The molecule has 3 aromatic rings. The second kappa shape index (κ2) is 5.33. The van der Waals surface area contributed by atoms with Crippen molar-refractivity contribution in [2.24, 2.45) is 0 Å². The van der Waals surface area contributed by atoms with E-state index < -0.39 is 0 Å². The lowest BCUT2D eigenvalue weighted by molar-refractivity contribution is 0.416. The van der Waals surface area contributed by atoms with E-state index >= 15 is 0 Å². The van der Waals surface area contributed by atoms with Crippen molar-refractivity contribution >= 4 is 21.6 Å². The van der Waals surface area contributed by atoms with Gasteiger partial charge in [0.15, 0.2) is 0 Å². The highest BCUT2D eigenvalue weighted by Gasteiger charge is 2.15. The van der Waals surface area contributed by atoms with E-state index in [1.165, 1.54) is 11.3 Å². The molecule has 1 aromatic carbocycles. The molecule has 2 heterocycles. The first-order valence-electron chi connectivity index (χ1n) is 6.76. The first-order chi connectivity index (χ1) is 10.1. The number of nitrogens with one attached hydrogen (secondary N) is 1. The second-order valence-corrected chi connectivity index (χ2v) is 6.00. The Morgan fingerprint density at radius 3 is 2.76 bits per heavy atom. The summed E-state index contributed by atoms with van der Waals surface area (Å²) in [6.45, 7) is 4.16. The topological polar surface area (TPSA) is 55.0 Å². The van der Waals surface area contributed by atoms with Gasteiger partial charge in [0.05, 0.1) is 18.1 Å². The van der Waals surface area contributed by atoms with E-state index in [2.05, 4.69) is 23.8 Å². The number of methoxy groups -OCH3 is 1. The highest BCUT2D eigenvalue weighted by molar-refractivity contribution is 7.16. The molecule has 3 rings (SSSR count). The summed E-state index contributed by atoms with van der Waals surface area (Å²) in [5, 5.41) is 2.72. The van der Waals surface area contributed by atoms with Gasteiger partial charge in [-0.25, -0.2) is 4.98 Å². The van der Waals surface area contributed by atoms with Crippen LogP contribution in [0.4, 0.5) is 0 Å². The molecule has 2 aromatic heterocycles. The minimum atomic E-state index is -0.0918. The first-order valence-corrected chi connectivity index (χ1v) is 7.64. The van der Waals surface area contributed by atoms with Crippen LogP contribution in [0.3, 0.4) is 0 Å². The van der Waals surface area contributed by atoms with Crippen molar-refractivity contribution in [1.29, 1.82) is 0 Å². The van der Waals surface area contributed by atoms with Gasteiger partial charge in [-0.2, -0.15) is 0 Å². The lowest BCUT2D eigenvalue weighted by Crippen LogP contribution is -2.10. The average molecular weight is 300 g/mol. The van der Waals surface area contributed by atoms with Gasteiger partial charge in [0.2, 0.25) is 0 Å². The molecule has 0 unspecified atom stereocenters. The number of nitrogens with zero attached hydrogens (tertiary/aromatic N) is 1. The number of hydrogen-bond acceptors (Lipinski definition) is 4. The van der Waals surface area contributed by atoms with Gasteiger partial charge in [-0.1, -0.05) is 26.0 Å². The molecule has 5 heteroatoms. The van der Waals surface area contributed by atoms with Gasteiger partial charge >= 0.3 is 0 Å². The summed E-state index contributed by atoms with van der Waals surface area (Å²) in [6.07, 6.45) is 0. The lowest BCUT2D eigenvalue weighted by atomic mass is 10.0. The molecule has 4 nitrogen and oxygen atoms in total. The summed E-state index contributed by atoms with van der Waals surface area (Å²) < 4.78 is 5.34. The Labute approximate surface area is 126 Å². The number of thiophene rings is 1. The minimum Gasteiger partial charge on any atom is -0.496 e. The fourth-order valence-electron chi connectivity index (χ4n) is 2.36. The van der Waals surface area contributed by atoms with Crippen LogP contribution < -0.4 is 10.3 Å². The molecule has 0 spiro atoms. The van der Waals surface area contributed by atoms with Crippen LogP contribution in [0.2, 0.25) is 0 Å². The summed E-state index contributed by atoms with van der Waals surface area (Å²) in [4.78, 5) is 20.7. The maximum Gasteiger partial charge on any atom is 0.260 e. The Bertz CT molecular complexity index is 849. The Kier molecular flexibility index (Phi) is 3.51. The van der Waals surface area contributed by atoms with Crippen LogP contribution >= 0.6 is 11.3 Å². The minimum absolute atomic E-state index is 0.0918. The third-order valence-corrected chi connectivity index (χ3v) is 4.35. The zero-order chi connectivity index (χ0) is 15.0. The molecule has 0 saturated carbocycles. The monoisotopic (exact) mass is 300 g/mol. The van der Waals surface area contributed by atoms with Crippen LogP contribution in [0.5, 0.6) is 5.75 Å². The maximum atomic E-state index is 12.4. The molecule has 0 amide bonds. The third kappa shape index (κ3) is 2.34. The predicted molar refractivity (Wildman–Crippen MR) is 86.3 cm³/mol. The molecular formula is C16H16N2O2S. The highest BCUT2D eigenvalue weighted by atomic mass is 32.1. The zero-order valence-electron chi connectivity index (χ0n) is 12.1. The number of H-pyrrole nitrogens is 1. The van der Waals surface area contributed by atoms with Crippen molar-refractivity contribution in [2.75, 3.05) is 7.11 Å². The summed E-state index contributed by atoms with van der Waals surface area (Å²) >= 11 is 1.51. The van der Waals surface area contributed by atoms with Gasteiger partial charge in [0, 0.05) is 0 Å². The summed E-state index contributed by atoms with van der Waals surface area (Å²) in [5.41, 5.74) is 1.75. The molecule has 0 bridgehead atoms. The van der Waals surface area contributed by atoms with Crippen molar-refractivity contribution in [1.82, 2.24) is 9.97 Å². The van der Waals surface area contributed by atoms with E-state index in [0.717, 1.165) is 16.0 Å². The number of aromatic nitrogens is 2. The number of aromatic amines is 1. The number of para-hydroxylation sites is 1. The number of fused-ring (bicyclic) bond motifs is 1. The Hall–Kier alpha value is -2.14. The smallest absolute Gasteiger partial charge is 0.260 e. The maximum absolute atomic E-state index is 12.4. The molecule has 0 aliphatic rings. The molecule has 1 N–H and O–H groups in total. The predicted octanol–water partition coefficient (Wildman–Crippen LogP) is 3.78. The van der Waals surface area contributed by atoms with Crippen LogP contribution in [0.1, 0.15) is 25.3 Å². The molecule has 0 aliphatic heterocycles. The first kappa shape index (κ1) is 13.8. The number of rotatable bonds is 3. The molecular weight excluding hydrogens is 284 g/mol. The summed E-state index contributed by atoms with van der Waals surface area (Å²) in [6, 6.07) is 7.53.